The first kappa shape index (κ1) is 14.9. The van der Waals surface area contributed by atoms with Crippen LogP contribution in [0.2, 0.25) is 10.0 Å². The molecule has 1 aliphatic rings. The van der Waals surface area contributed by atoms with E-state index >= 15 is 0 Å². The second-order valence-corrected chi connectivity index (χ2v) is 7.21. The van der Waals surface area contributed by atoms with Gasteiger partial charge in [-0.05, 0) is 31.5 Å². The molecule has 1 aromatic rings. The molecule has 1 unspecified atom stereocenters. The van der Waals surface area contributed by atoms with Crippen LogP contribution in [0.1, 0.15) is 19.3 Å². The lowest BCUT2D eigenvalue weighted by Crippen LogP contribution is -2.40. The number of piperidine rings is 1. The molecule has 19 heavy (non-hydrogen) atoms. The molecule has 1 atom stereocenters. The van der Waals surface area contributed by atoms with Crippen molar-refractivity contribution in [1.82, 2.24) is 5.32 Å². The fourth-order valence-corrected chi connectivity index (χ4v) is 4.16. The maximum atomic E-state index is 12.1. The topological polar surface area (TPSA) is 58.2 Å². The van der Waals surface area contributed by atoms with Crippen LogP contribution in [-0.2, 0) is 10.0 Å². The minimum atomic E-state index is -3.46. The van der Waals surface area contributed by atoms with Gasteiger partial charge in [0.05, 0.1) is 21.5 Å². The van der Waals surface area contributed by atoms with Gasteiger partial charge in [0.1, 0.15) is 0 Å². The lowest BCUT2D eigenvalue weighted by molar-refractivity contribution is 0.424. The second-order valence-electron chi connectivity index (χ2n) is 4.63. The molecule has 4 nitrogen and oxygen atoms in total. The zero-order valence-electron chi connectivity index (χ0n) is 10.3. The summed E-state index contributed by atoms with van der Waals surface area (Å²) >= 11 is 11.9. The quantitative estimate of drug-likeness (QED) is 0.896. The summed E-state index contributed by atoms with van der Waals surface area (Å²) in [5.41, 5.74) is 0.252. The third-order valence-corrected chi connectivity index (χ3v) is 5.04. The van der Waals surface area contributed by atoms with Gasteiger partial charge in [0, 0.05) is 6.04 Å². The Kier molecular flexibility index (Phi) is 4.95. The molecule has 1 aromatic carbocycles. The number of hydrogen-bond donors (Lipinski definition) is 2. The van der Waals surface area contributed by atoms with Gasteiger partial charge in [0.2, 0.25) is 10.0 Å². The Morgan fingerprint density at radius 2 is 1.95 bits per heavy atom. The Balaban J connectivity index is 2.08. The second kappa shape index (κ2) is 6.31. The van der Waals surface area contributed by atoms with Crippen LogP contribution in [0.25, 0.3) is 0 Å². The lowest BCUT2D eigenvalue weighted by Gasteiger charge is -2.23. The van der Waals surface area contributed by atoms with Crippen LogP contribution in [0.4, 0.5) is 5.69 Å². The lowest BCUT2D eigenvalue weighted by atomic mass is 10.1. The molecule has 0 amide bonds. The number of halogens is 2. The van der Waals surface area contributed by atoms with Crippen molar-refractivity contribution in [3.63, 3.8) is 0 Å². The highest BCUT2D eigenvalue weighted by molar-refractivity contribution is 7.92. The van der Waals surface area contributed by atoms with Gasteiger partial charge in [-0.2, -0.15) is 0 Å². The summed E-state index contributed by atoms with van der Waals surface area (Å²) in [7, 11) is -3.46. The SMILES string of the molecule is O=S(=O)(CC1CCCCN1)Nc1c(Cl)cccc1Cl. The summed E-state index contributed by atoms with van der Waals surface area (Å²) in [5, 5.41) is 3.80. The molecule has 2 N–H and O–H groups in total. The summed E-state index contributed by atoms with van der Waals surface area (Å²) in [4.78, 5) is 0. The standard InChI is InChI=1S/C12H16Cl2N2O2S/c13-10-5-3-6-11(14)12(10)16-19(17,18)8-9-4-1-2-7-15-9/h3,5-6,9,15-16H,1-2,4,7-8H2. The van der Waals surface area contributed by atoms with Crippen molar-refractivity contribution < 1.29 is 8.42 Å². The van der Waals surface area contributed by atoms with Crippen LogP contribution in [0.5, 0.6) is 0 Å². The van der Waals surface area contributed by atoms with Crippen LogP contribution >= 0.6 is 23.2 Å². The molecular weight excluding hydrogens is 307 g/mol. The van der Waals surface area contributed by atoms with Crippen molar-refractivity contribution in [1.29, 1.82) is 0 Å². The third-order valence-electron chi connectivity index (χ3n) is 3.05. The highest BCUT2D eigenvalue weighted by Crippen LogP contribution is 2.30. The van der Waals surface area contributed by atoms with E-state index in [9.17, 15) is 8.42 Å². The summed E-state index contributed by atoms with van der Waals surface area (Å²) in [6.07, 6.45) is 3.03. The number of para-hydroxylation sites is 1. The number of benzene rings is 1. The normalized spacial score (nSPS) is 20.2. The maximum Gasteiger partial charge on any atom is 0.234 e. The van der Waals surface area contributed by atoms with E-state index in [0.717, 1.165) is 25.8 Å². The summed E-state index contributed by atoms with van der Waals surface area (Å²) < 4.78 is 26.7. The van der Waals surface area contributed by atoms with E-state index in [1.807, 2.05) is 0 Å². The number of nitrogens with one attached hydrogen (secondary N) is 2. The maximum absolute atomic E-state index is 12.1. The zero-order valence-corrected chi connectivity index (χ0v) is 12.7. The van der Waals surface area contributed by atoms with Crippen molar-refractivity contribution in [2.75, 3.05) is 17.0 Å². The van der Waals surface area contributed by atoms with Crippen molar-refractivity contribution in [3.05, 3.63) is 28.2 Å². The van der Waals surface area contributed by atoms with E-state index in [1.54, 1.807) is 18.2 Å². The highest BCUT2D eigenvalue weighted by Gasteiger charge is 2.22. The van der Waals surface area contributed by atoms with E-state index < -0.39 is 10.0 Å². The Morgan fingerprint density at radius 3 is 2.53 bits per heavy atom. The van der Waals surface area contributed by atoms with Gasteiger partial charge in [-0.3, -0.25) is 4.72 Å². The Bertz CT molecular complexity index is 522. The minimum absolute atomic E-state index is 0.00693. The highest BCUT2D eigenvalue weighted by atomic mass is 35.5. The van der Waals surface area contributed by atoms with Crippen LogP contribution < -0.4 is 10.0 Å². The van der Waals surface area contributed by atoms with Crippen LogP contribution in [0.3, 0.4) is 0 Å². The van der Waals surface area contributed by atoms with Crippen LogP contribution in [-0.4, -0.2) is 26.8 Å². The first-order valence-corrected chi connectivity index (χ1v) is 8.57. The number of sulfonamides is 1. The van der Waals surface area contributed by atoms with Gasteiger partial charge in [0.25, 0.3) is 0 Å². The molecule has 0 saturated carbocycles. The molecule has 0 aromatic heterocycles. The van der Waals surface area contributed by atoms with E-state index in [4.69, 9.17) is 23.2 Å². The summed E-state index contributed by atoms with van der Waals surface area (Å²) in [5.74, 6) is 0.0363. The first-order valence-electron chi connectivity index (χ1n) is 6.16. The van der Waals surface area contributed by atoms with Gasteiger partial charge in [-0.15, -0.1) is 0 Å². The molecule has 7 heteroatoms. The predicted molar refractivity (Wildman–Crippen MR) is 79.5 cm³/mol. The van der Waals surface area contributed by atoms with Crippen LogP contribution in [0.15, 0.2) is 18.2 Å². The smallest absolute Gasteiger partial charge is 0.234 e. The number of hydrogen-bond acceptors (Lipinski definition) is 3. The van der Waals surface area contributed by atoms with Gasteiger partial charge < -0.3 is 5.32 Å². The molecule has 1 fully saturated rings. The summed E-state index contributed by atoms with van der Waals surface area (Å²) in [6, 6.07) is 4.87. The molecule has 1 aliphatic heterocycles. The molecule has 1 saturated heterocycles. The van der Waals surface area contributed by atoms with Crippen molar-refractivity contribution >= 4 is 38.9 Å². The third kappa shape index (κ3) is 4.24. The molecule has 0 spiro atoms. The van der Waals surface area contributed by atoms with E-state index in [1.165, 1.54) is 0 Å². The molecule has 0 bridgehead atoms. The molecular formula is C12H16Cl2N2O2S. The molecule has 0 aliphatic carbocycles. The van der Waals surface area contributed by atoms with Crippen molar-refractivity contribution in [3.8, 4) is 0 Å². The van der Waals surface area contributed by atoms with Gasteiger partial charge >= 0.3 is 0 Å². The predicted octanol–water partition coefficient (Wildman–Crippen LogP) is 2.88. The minimum Gasteiger partial charge on any atom is -0.313 e. The van der Waals surface area contributed by atoms with E-state index in [2.05, 4.69) is 10.0 Å². The molecule has 2 rings (SSSR count). The Labute approximate surface area is 123 Å². The van der Waals surface area contributed by atoms with Gasteiger partial charge in [-0.25, -0.2) is 8.42 Å². The Morgan fingerprint density at radius 1 is 1.26 bits per heavy atom. The summed E-state index contributed by atoms with van der Waals surface area (Å²) in [6.45, 7) is 0.868. The number of rotatable bonds is 4. The number of anilines is 1. The van der Waals surface area contributed by atoms with Gasteiger partial charge in [0.15, 0.2) is 0 Å². The molecule has 1 heterocycles. The zero-order chi connectivity index (χ0) is 13.9. The van der Waals surface area contributed by atoms with Gasteiger partial charge in [-0.1, -0.05) is 35.7 Å². The molecule has 106 valence electrons. The molecule has 0 radical (unpaired) electrons. The average Bonchev–Trinajstić information content (AvgIpc) is 2.35. The van der Waals surface area contributed by atoms with E-state index in [-0.39, 0.29) is 17.5 Å². The van der Waals surface area contributed by atoms with E-state index in [0.29, 0.717) is 10.0 Å². The van der Waals surface area contributed by atoms with Crippen LogP contribution in [0, 0.1) is 0 Å². The fraction of sp³-hybridized carbons (Fsp3) is 0.500. The Hall–Kier alpha value is -0.490. The average molecular weight is 323 g/mol. The van der Waals surface area contributed by atoms with Crippen molar-refractivity contribution in [2.24, 2.45) is 0 Å². The largest absolute Gasteiger partial charge is 0.313 e. The monoisotopic (exact) mass is 322 g/mol. The first-order chi connectivity index (χ1) is 8.98. The fourth-order valence-electron chi connectivity index (χ4n) is 2.12. The van der Waals surface area contributed by atoms with Crippen molar-refractivity contribution in [2.45, 2.75) is 25.3 Å².